The first kappa shape index (κ1) is 15.7. The molecule has 0 amide bonds. The largest absolute Gasteiger partial charge is 0.542 e. The van der Waals surface area contributed by atoms with Crippen molar-refractivity contribution < 1.29 is 47.7 Å². The first-order valence-electron chi connectivity index (χ1n) is 6.07. The van der Waals surface area contributed by atoms with Crippen LogP contribution in [-0.4, -0.2) is 16.5 Å². The van der Waals surface area contributed by atoms with Crippen molar-refractivity contribution in [2.45, 2.75) is 38.0 Å². The quantitative estimate of drug-likeness (QED) is 0.842. The van der Waals surface area contributed by atoms with Gasteiger partial charge in [0.2, 0.25) is 0 Å². The van der Waals surface area contributed by atoms with E-state index in [0.29, 0.717) is 18.3 Å². The third-order valence-corrected chi connectivity index (χ3v) is 3.67. The van der Waals surface area contributed by atoms with E-state index in [1.54, 1.807) is 12.1 Å². The molecular formula is C14H17O3Y-. The number of phenols is 2. The zero-order valence-electron chi connectivity index (χ0n) is 10.3. The summed E-state index contributed by atoms with van der Waals surface area (Å²) in [7, 11) is 0. The molecule has 0 heterocycles. The van der Waals surface area contributed by atoms with Crippen molar-refractivity contribution in [2.24, 2.45) is 5.92 Å². The number of hydrogen-bond donors (Lipinski definition) is 2. The van der Waals surface area contributed by atoms with Gasteiger partial charge in [0.05, 0.1) is 0 Å². The normalized spacial score (nSPS) is 23.1. The molecule has 1 fully saturated rings. The minimum absolute atomic E-state index is 0. The average molecular weight is 322 g/mol. The van der Waals surface area contributed by atoms with Crippen LogP contribution in [0.25, 0.3) is 0 Å². The molecule has 1 aromatic carbocycles. The average Bonchev–Trinajstić information content (AvgIpc) is 2.31. The van der Waals surface area contributed by atoms with Crippen molar-refractivity contribution in [1.82, 2.24) is 0 Å². The minimum Gasteiger partial charge on any atom is -0.542 e. The van der Waals surface area contributed by atoms with Crippen LogP contribution in [0.3, 0.4) is 0 Å². The number of benzene rings is 1. The summed E-state index contributed by atoms with van der Waals surface area (Å²) in [4.78, 5) is 10.3. The van der Waals surface area contributed by atoms with Crippen molar-refractivity contribution in [3.8, 4) is 11.5 Å². The van der Waals surface area contributed by atoms with Crippen molar-refractivity contribution in [1.29, 1.82) is 0 Å². The molecule has 0 aromatic heterocycles. The molecule has 1 saturated carbocycles. The Labute approximate surface area is 132 Å². The Morgan fingerprint density at radius 2 is 1.83 bits per heavy atom. The van der Waals surface area contributed by atoms with Crippen molar-refractivity contribution in [2.75, 3.05) is 0 Å². The fraction of sp³-hybridized carbons (Fsp3) is 0.500. The molecule has 95 valence electrons. The van der Waals surface area contributed by atoms with Gasteiger partial charge in [-0.3, -0.25) is 6.29 Å². The maximum atomic E-state index is 10.3. The summed E-state index contributed by atoms with van der Waals surface area (Å²) < 4.78 is 0. The van der Waals surface area contributed by atoms with Crippen LogP contribution in [0.2, 0.25) is 0 Å². The third-order valence-electron chi connectivity index (χ3n) is 3.67. The Balaban J connectivity index is 0.00000162. The number of phenolic OH excluding ortho intramolecular Hbond substituents is 2. The summed E-state index contributed by atoms with van der Waals surface area (Å²) in [6.45, 7) is 0. The van der Waals surface area contributed by atoms with E-state index < -0.39 is 0 Å². The molecule has 1 aliphatic rings. The van der Waals surface area contributed by atoms with Crippen LogP contribution in [0.5, 0.6) is 11.5 Å². The van der Waals surface area contributed by atoms with Crippen LogP contribution in [0, 0.1) is 5.92 Å². The zero-order valence-corrected chi connectivity index (χ0v) is 13.1. The first-order valence-corrected chi connectivity index (χ1v) is 6.07. The summed E-state index contributed by atoms with van der Waals surface area (Å²) in [5.74, 6) is 1.08. The molecule has 1 radical (unpaired) electrons. The van der Waals surface area contributed by atoms with Crippen molar-refractivity contribution in [3.05, 3.63) is 23.8 Å². The van der Waals surface area contributed by atoms with Gasteiger partial charge in [0.15, 0.2) is 0 Å². The molecule has 0 unspecified atom stereocenters. The van der Waals surface area contributed by atoms with Crippen LogP contribution in [-0.2, 0) is 37.5 Å². The Hall–Kier alpha value is -0.406. The van der Waals surface area contributed by atoms with Crippen molar-refractivity contribution >= 4 is 6.29 Å². The smallest absolute Gasteiger partial charge is 0.122 e. The summed E-state index contributed by atoms with van der Waals surface area (Å²) in [6.07, 6.45) is 6.52. The predicted molar refractivity (Wildman–Crippen MR) is 64.8 cm³/mol. The van der Waals surface area contributed by atoms with Gasteiger partial charge in [-0.15, -0.1) is 6.42 Å². The molecule has 0 spiro atoms. The van der Waals surface area contributed by atoms with Crippen LogP contribution < -0.4 is 0 Å². The Kier molecular flexibility index (Phi) is 6.30. The summed E-state index contributed by atoms with van der Waals surface area (Å²) >= 11 is 0. The van der Waals surface area contributed by atoms with Crippen LogP contribution in [0.1, 0.15) is 43.6 Å². The Bertz CT molecular complexity index is 398. The first-order chi connectivity index (χ1) is 8.20. The van der Waals surface area contributed by atoms with Gasteiger partial charge >= 0.3 is 0 Å². The second-order valence-electron chi connectivity index (χ2n) is 4.81. The molecule has 0 aliphatic heterocycles. The van der Waals surface area contributed by atoms with Crippen LogP contribution >= 0.6 is 0 Å². The van der Waals surface area contributed by atoms with E-state index in [1.807, 2.05) is 6.29 Å². The number of aromatic hydroxyl groups is 2. The van der Waals surface area contributed by atoms with Crippen LogP contribution in [0.4, 0.5) is 0 Å². The molecule has 0 atom stereocenters. The fourth-order valence-electron chi connectivity index (χ4n) is 2.67. The molecule has 3 nitrogen and oxygen atoms in total. The molecule has 1 aliphatic carbocycles. The molecule has 4 heteroatoms. The minimum atomic E-state index is 0. The predicted octanol–water partition coefficient (Wildman–Crippen LogP) is 2.87. The van der Waals surface area contributed by atoms with Gasteiger partial charge in [-0.1, -0.05) is 24.8 Å². The molecule has 2 N–H and O–H groups in total. The second-order valence-corrected chi connectivity index (χ2v) is 4.81. The van der Waals surface area contributed by atoms with Crippen molar-refractivity contribution in [3.63, 3.8) is 0 Å². The van der Waals surface area contributed by atoms with Gasteiger partial charge in [0, 0.05) is 38.8 Å². The van der Waals surface area contributed by atoms with E-state index in [2.05, 4.69) is 0 Å². The van der Waals surface area contributed by atoms with Gasteiger partial charge < -0.3 is 15.0 Å². The summed E-state index contributed by atoms with van der Waals surface area (Å²) in [5.41, 5.74) is 0.913. The molecule has 0 bridgehead atoms. The van der Waals surface area contributed by atoms with Gasteiger partial charge in [-0.25, -0.2) is 0 Å². The standard InChI is InChI=1S/C14H17O3.Y/c15-8-7-10-1-3-11(4-2-10)13-6-5-12(16)9-14(13)17;/h5-6,9-11,16-17H,1-4,7H2;/q-1;. The van der Waals surface area contributed by atoms with Crippen LogP contribution in [0.15, 0.2) is 18.2 Å². The maximum absolute atomic E-state index is 10.3. The van der Waals surface area contributed by atoms with E-state index in [9.17, 15) is 15.0 Å². The molecular weight excluding hydrogens is 305 g/mol. The maximum Gasteiger partial charge on any atom is 0.122 e. The Morgan fingerprint density at radius 3 is 2.39 bits per heavy atom. The molecule has 0 saturated heterocycles. The number of rotatable bonds is 3. The van der Waals surface area contributed by atoms with Gasteiger partial charge in [-0.2, -0.15) is 0 Å². The second kappa shape index (κ2) is 7.25. The van der Waals surface area contributed by atoms with E-state index >= 15 is 0 Å². The molecule has 18 heavy (non-hydrogen) atoms. The fourth-order valence-corrected chi connectivity index (χ4v) is 2.67. The number of carbonyl (C=O) groups excluding carboxylic acids is 1. The third kappa shape index (κ3) is 3.79. The zero-order chi connectivity index (χ0) is 12.3. The van der Waals surface area contributed by atoms with E-state index in [4.69, 9.17) is 0 Å². The topological polar surface area (TPSA) is 57.5 Å². The van der Waals surface area contributed by atoms with E-state index in [0.717, 1.165) is 31.2 Å². The van der Waals surface area contributed by atoms with Gasteiger partial charge in [0.25, 0.3) is 0 Å². The molecule has 2 rings (SSSR count). The van der Waals surface area contributed by atoms with E-state index in [-0.39, 0.29) is 44.2 Å². The monoisotopic (exact) mass is 322 g/mol. The van der Waals surface area contributed by atoms with Gasteiger partial charge in [-0.05, 0) is 30.4 Å². The van der Waals surface area contributed by atoms with Gasteiger partial charge in [0.1, 0.15) is 11.5 Å². The summed E-state index contributed by atoms with van der Waals surface area (Å²) in [6, 6.07) is 4.79. The Morgan fingerprint density at radius 1 is 1.17 bits per heavy atom. The number of hydrogen-bond acceptors (Lipinski definition) is 3. The molecule has 1 aromatic rings. The van der Waals surface area contributed by atoms with E-state index in [1.165, 1.54) is 6.07 Å². The summed E-state index contributed by atoms with van der Waals surface area (Å²) in [5, 5.41) is 19.0. The SMILES string of the molecule is O=[C-]CC1CCC(c2ccc(O)cc2O)CC1.[Y].